The van der Waals surface area contributed by atoms with E-state index in [1.165, 1.54) is 0 Å². The minimum atomic E-state index is -0.750. The van der Waals surface area contributed by atoms with Crippen molar-refractivity contribution in [1.29, 1.82) is 0 Å². The lowest BCUT2D eigenvalue weighted by atomic mass is 10.2. The van der Waals surface area contributed by atoms with E-state index < -0.39 is 6.10 Å². The highest BCUT2D eigenvalue weighted by atomic mass is 16.6. The Morgan fingerprint density at radius 2 is 1.63 bits per heavy atom. The predicted octanol–water partition coefficient (Wildman–Crippen LogP) is 2.20. The van der Waals surface area contributed by atoms with E-state index in [4.69, 9.17) is 14.6 Å². The minimum absolute atomic E-state index is 0.0709. The molecule has 0 bridgehead atoms. The summed E-state index contributed by atoms with van der Waals surface area (Å²) in [6, 6.07) is 0. The fraction of sp³-hybridized carbons (Fsp3) is 0.857. The van der Waals surface area contributed by atoms with Gasteiger partial charge >= 0.3 is 11.9 Å². The van der Waals surface area contributed by atoms with Gasteiger partial charge in [0.05, 0.1) is 6.61 Å². The lowest BCUT2D eigenvalue weighted by Gasteiger charge is -2.15. The van der Waals surface area contributed by atoms with Gasteiger partial charge in [-0.3, -0.25) is 9.59 Å². The fourth-order valence-electron chi connectivity index (χ4n) is 1.47. The molecule has 0 spiro atoms. The van der Waals surface area contributed by atoms with Crippen molar-refractivity contribution in [3.8, 4) is 0 Å². The first-order chi connectivity index (χ1) is 9.13. The fourth-order valence-corrected chi connectivity index (χ4v) is 1.47. The van der Waals surface area contributed by atoms with Crippen LogP contribution in [0, 0.1) is 0 Å². The molecule has 5 nitrogen and oxygen atoms in total. The van der Waals surface area contributed by atoms with Crippen LogP contribution in [0.25, 0.3) is 0 Å². The van der Waals surface area contributed by atoms with Crippen molar-refractivity contribution in [2.45, 2.75) is 64.9 Å². The van der Waals surface area contributed by atoms with Gasteiger partial charge in [-0.2, -0.15) is 0 Å². The molecule has 112 valence electrons. The average molecular weight is 274 g/mol. The third kappa shape index (κ3) is 10.5. The van der Waals surface area contributed by atoms with Gasteiger partial charge in [0, 0.05) is 12.8 Å². The van der Waals surface area contributed by atoms with E-state index >= 15 is 0 Å². The summed E-state index contributed by atoms with van der Waals surface area (Å²) in [6.07, 6.45) is 4.44. The zero-order valence-corrected chi connectivity index (χ0v) is 12.0. The Labute approximate surface area is 115 Å². The number of rotatable bonds is 11. The van der Waals surface area contributed by atoms with Crippen molar-refractivity contribution in [1.82, 2.24) is 0 Å². The molecule has 0 rings (SSSR count). The van der Waals surface area contributed by atoms with Crippen molar-refractivity contribution >= 4 is 11.9 Å². The van der Waals surface area contributed by atoms with Crippen LogP contribution in [0.15, 0.2) is 0 Å². The normalized spacial score (nSPS) is 11.9. The molecule has 0 aromatic heterocycles. The molecule has 0 aliphatic rings. The molecule has 0 aromatic carbocycles. The van der Waals surface area contributed by atoms with Crippen molar-refractivity contribution in [3.63, 3.8) is 0 Å². The lowest BCUT2D eigenvalue weighted by molar-refractivity contribution is -0.161. The smallest absolute Gasteiger partial charge is 0.306 e. The maximum Gasteiger partial charge on any atom is 0.306 e. The zero-order chi connectivity index (χ0) is 14.5. The summed E-state index contributed by atoms with van der Waals surface area (Å²) in [7, 11) is 0. The molecular weight excluding hydrogens is 248 g/mol. The van der Waals surface area contributed by atoms with E-state index in [1.807, 2.05) is 6.92 Å². The molecule has 0 saturated heterocycles. The monoisotopic (exact) mass is 274 g/mol. The molecule has 0 aliphatic heterocycles. The number of aliphatic hydroxyl groups is 1. The largest absolute Gasteiger partial charge is 0.462 e. The van der Waals surface area contributed by atoms with Crippen molar-refractivity contribution in [2.24, 2.45) is 0 Å². The quantitative estimate of drug-likeness (QED) is 0.462. The van der Waals surface area contributed by atoms with Crippen molar-refractivity contribution in [3.05, 3.63) is 0 Å². The first kappa shape index (κ1) is 17.9. The van der Waals surface area contributed by atoms with Crippen molar-refractivity contribution in [2.75, 3.05) is 13.2 Å². The number of hydrogen-bond acceptors (Lipinski definition) is 5. The summed E-state index contributed by atoms with van der Waals surface area (Å²) < 4.78 is 9.98. The van der Waals surface area contributed by atoms with Gasteiger partial charge < -0.3 is 14.6 Å². The Balaban J connectivity index is 3.81. The number of aliphatic hydroxyl groups excluding tert-OH is 1. The average Bonchev–Trinajstić information content (AvgIpc) is 2.41. The van der Waals surface area contributed by atoms with Gasteiger partial charge in [-0.1, -0.05) is 33.1 Å². The van der Waals surface area contributed by atoms with Crippen LogP contribution in [0.2, 0.25) is 0 Å². The Morgan fingerprint density at radius 3 is 2.21 bits per heavy atom. The van der Waals surface area contributed by atoms with E-state index in [-0.39, 0.29) is 25.2 Å². The van der Waals surface area contributed by atoms with Crippen LogP contribution in [0.5, 0.6) is 0 Å². The molecular formula is C14H26O5. The summed E-state index contributed by atoms with van der Waals surface area (Å²) in [6.45, 7) is 3.64. The number of hydrogen-bond donors (Lipinski definition) is 1. The maximum absolute atomic E-state index is 11.4. The van der Waals surface area contributed by atoms with Crippen LogP contribution in [-0.2, 0) is 19.1 Å². The number of carbonyl (C=O) groups is 2. The molecule has 0 aliphatic carbocycles. The molecule has 0 fully saturated rings. The van der Waals surface area contributed by atoms with Gasteiger partial charge in [-0.15, -0.1) is 0 Å². The van der Waals surface area contributed by atoms with Crippen LogP contribution in [0.3, 0.4) is 0 Å². The highest BCUT2D eigenvalue weighted by Gasteiger charge is 2.15. The standard InChI is InChI=1S/C14H26O5/c1-3-5-7-9-14(17)19-12(10-15)11-18-13(16)8-6-4-2/h12,15H,3-11H2,1-2H3. The SMILES string of the molecule is CCCCCC(=O)OC(CO)COC(=O)CCCC. The Hall–Kier alpha value is -1.10. The van der Waals surface area contributed by atoms with Crippen LogP contribution in [0.4, 0.5) is 0 Å². The first-order valence-electron chi connectivity index (χ1n) is 7.09. The maximum atomic E-state index is 11.4. The lowest BCUT2D eigenvalue weighted by Crippen LogP contribution is -2.28. The van der Waals surface area contributed by atoms with E-state index in [1.54, 1.807) is 0 Å². The molecule has 1 N–H and O–H groups in total. The zero-order valence-electron chi connectivity index (χ0n) is 12.0. The van der Waals surface area contributed by atoms with Crippen molar-refractivity contribution < 1.29 is 24.2 Å². The van der Waals surface area contributed by atoms with Gasteiger partial charge in [0.15, 0.2) is 6.10 Å². The second-order valence-corrected chi connectivity index (χ2v) is 4.54. The second-order valence-electron chi connectivity index (χ2n) is 4.54. The first-order valence-corrected chi connectivity index (χ1v) is 7.09. The van der Waals surface area contributed by atoms with E-state index in [9.17, 15) is 9.59 Å². The highest BCUT2D eigenvalue weighted by Crippen LogP contribution is 2.04. The predicted molar refractivity (Wildman–Crippen MR) is 71.6 cm³/mol. The Morgan fingerprint density at radius 1 is 1.00 bits per heavy atom. The number of esters is 2. The highest BCUT2D eigenvalue weighted by molar-refractivity contribution is 5.70. The molecule has 0 radical (unpaired) electrons. The Kier molecular flexibility index (Phi) is 11.3. The third-order valence-corrected chi connectivity index (χ3v) is 2.65. The van der Waals surface area contributed by atoms with Gasteiger partial charge in [0.25, 0.3) is 0 Å². The summed E-state index contributed by atoms with van der Waals surface area (Å²) in [5.41, 5.74) is 0. The topological polar surface area (TPSA) is 72.8 Å². The molecule has 1 unspecified atom stereocenters. The molecule has 0 heterocycles. The van der Waals surface area contributed by atoms with E-state index in [0.29, 0.717) is 12.8 Å². The molecule has 0 saturated carbocycles. The third-order valence-electron chi connectivity index (χ3n) is 2.65. The van der Waals surface area contributed by atoms with E-state index in [2.05, 4.69) is 6.92 Å². The van der Waals surface area contributed by atoms with Gasteiger partial charge in [-0.25, -0.2) is 0 Å². The van der Waals surface area contributed by atoms with Gasteiger partial charge in [-0.05, 0) is 12.8 Å². The van der Waals surface area contributed by atoms with Gasteiger partial charge in [0.1, 0.15) is 6.61 Å². The molecule has 0 aromatic rings. The van der Waals surface area contributed by atoms with Crippen LogP contribution in [-0.4, -0.2) is 36.4 Å². The Bertz CT molecular complexity index is 252. The van der Waals surface area contributed by atoms with Crippen LogP contribution >= 0.6 is 0 Å². The summed E-state index contributed by atoms with van der Waals surface area (Å²) in [5, 5.41) is 9.07. The molecule has 0 amide bonds. The molecule has 19 heavy (non-hydrogen) atoms. The number of ether oxygens (including phenoxy) is 2. The second kappa shape index (κ2) is 12.0. The number of carbonyl (C=O) groups excluding carboxylic acids is 2. The van der Waals surface area contributed by atoms with E-state index in [0.717, 1.165) is 32.1 Å². The summed E-state index contributed by atoms with van der Waals surface area (Å²) >= 11 is 0. The molecule has 1 atom stereocenters. The van der Waals surface area contributed by atoms with Crippen LogP contribution < -0.4 is 0 Å². The number of unbranched alkanes of at least 4 members (excludes halogenated alkanes) is 3. The molecule has 5 heteroatoms. The summed E-state index contributed by atoms with van der Waals surface area (Å²) in [5.74, 6) is -0.667. The van der Waals surface area contributed by atoms with Gasteiger partial charge in [0.2, 0.25) is 0 Å². The van der Waals surface area contributed by atoms with Crippen LogP contribution in [0.1, 0.15) is 58.8 Å². The summed E-state index contributed by atoms with van der Waals surface area (Å²) in [4.78, 5) is 22.7. The minimum Gasteiger partial charge on any atom is -0.462 e.